The first-order valence-electron chi connectivity index (χ1n) is 9.90. The lowest BCUT2D eigenvalue weighted by atomic mass is 10.1. The molecule has 2 aromatic rings. The molecule has 3 rings (SSSR count). The molecule has 0 radical (unpaired) electrons. The summed E-state index contributed by atoms with van der Waals surface area (Å²) in [6.07, 6.45) is 0.689. The van der Waals surface area contributed by atoms with E-state index in [9.17, 15) is 0 Å². The van der Waals surface area contributed by atoms with Gasteiger partial charge in [-0.05, 0) is 36.8 Å². The molecule has 0 bridgehead atoms. The molecular formula is C22H30ClIN4O3. The topological polar surface area (TPSA) is 72.6 Å². The van der Waals surface area contributed by atoms with Crippen LogP contribution in [0.2, 0.25) is 5.02 Å². The van der Waals surface area contributed by atoms with E-state index >= 15 is 0 Å². The van der Waals surface area contributed by atoms with Crippen molar-refractivity contribution in [2.45, 2.75) is 6.42 Å². The number of hydrogen-bond acceptors (Lipinski definition) is 5. The molecule has 0 aliphatic carbocycles. The van der Waals surface area contributed by atoms with Gasteiger partial charge >= 0.3 is 0 Å². The predicted octanol–water partition coefficient (Wildman–Crippen LogP) is 3.66. The second kappa shape index (κ2) is 12.1. The van der Waals surface area contributed by atoms with Gasteiger partial charge in [-0.2, -0.15) is 0 Å². The van der Waals surface area contributed by atoms with Crippen LogP contribution >= 0.6 is 35.6 Å². The Balaban J connectivity index is 0.00000341. The van der Waals surface area contributed by atoms with Crippen molar-refractivity contribution in [2.75, 3.05) is 59.0 Å². The van der Waals surface area contributed by atoms with Gasteiger partial charge in [-0.15, -0.1) is 24.0 Å². The third kappa shape index (κ3) is 6.22. The molecule has 1 aliphatic heterocycles. The second-order valence-corrected chi connectivity index (χ2v) is 7.37. The van der Waals surface area contributed by atoms with Gasteiger partial charge in [0, 0.05) is 49.0 Å². The molecule has 7 nitrogen and oxygen atoms in total. The van der Waals surface area contributed by atoms with Gasteiger partial charge in [0.05, 0.1) is 21.3 Å². The van der Waals surface area contributed by atoms with Gasteiger partial charge in [0.25, 0.3) is 0 Å². The van der Waals surface area contributed by atoms with E-state index < -0.39 is 0 Å². The van der Waals surface area contributed by atoms with E-state index in [1.54, 1.807) is 21.3 Å². The fourth-order valence-electron chi connectivity index (χ4n) is 3.60. The number of ether oxygens (including phenoxy) is 3. The first-order valence-corrected chi connectivity index (χ1v) is 10.3. The Morgan fingerprint density at radius 1 is 0.935 bits per heavy atom. The van der Waals surface area contributed by atoms with Crippen LogP contribution in [0.3, 0.4) is 0 Å². The van der Waals surface area contributed by atoms with Crippen LogP contribution in [0.4, 0.5) is 5.69 Å². The van der Waals surface area contributed by atoms with Crippen LogP contribution in [0, 0.1) is 0 Å². The van der Waals surface area contributed by atoms with E-state index in [1.807, 2.05) is 36.4 Å². The largest absolute Gasteiger partial charge is 0.493 e. The molecule has 0 aromatic heterocycles. The third-order valence-corrected chi connectivity index (χ3v) is 5.49. The minimum absolute atomic E-state index is 0. The maximum atomic E-state index is 6.25. The summed E-state index contributed by atoms with van der Waals surface area (Å²) in [5.41, 5.74) is 8.43. The summed E-state index contributed by atoms with van der Waals surface area (Å²) in [6.45, 7) is 4.01. The van der Waals surface area contributed by atoms with Crippen molar-refractivity contribution in [2.24, 2.45) is 10.7 Å². The molecule has 31 heavy (non-hydrogen) atoms. The highest BCUT2D eigenvalue weighted by molar-refractivity contribution is 14.0. The summed E-state index contributed by atoms with van der Waals surface area (Å²) in [5, 5.41) is 0.750. The number of hydrogen-bond donors (Lipinski definition) is 1. The summed E-state index contributed by atoms with van der Waals surface area (Å²) in [4.78, 5) is 9.03. The quantitative estimate of drug-likeness (QED) is 0.317. The first-order chi connectivity index (χ1) is 14.6. The fraction of sp³-hybridized carbons (Fsp3) is 0.409. The first kappa shape index (κ1) is 25.2. The number of halogens is 2. The predicted molar refractivity (Wildman–Crippen MR) is 137 cm³/mol. The van der Waals surface area contributed by atoms with E-state index in [0.29, 0.717) is 36.2 Å². The lowest BCUT2D eigenvalue weighted by molar-refractivity contribution is 0.322. The molecule has 170 valence electrons. The molecule has 2 N–H and O–H groups in total. The summed E-state index contributed by atoms with van der Waals surface area (Å²) < 4.78 is 16.3. The van der Waals surface area contributed by atoms with Crippen molar-refractivity contribution in [3.8, 4) is 17.2 Å². The zero-order chi connectivity index (χ0) is 21.5. The number of methoxy groups -OCH3 is 3. The average Bonchev–Trinajstić information content (AvgIpc) is 2.79. The molecule has 0 saturated carbocycles. The van der Waals surface area contributed by atoms with Gasteiger partial charge in [0.2, 0.25) is 5.75 Å². The van der Waals surface area contributed by atoms with Crippen LogP contribution < -0.4 is 24.8 Å². The number of rotatable bonds is 7. The lowest BCUT2D eigenvalue weighted by Crippen LogP contribution is -2.51. The minimum Gasteiger partial charge on any atom is -0.493 e. The van der Waals surface area contributed by atoms with Crippen LogP contribution in [0.5, 0.6) is 17.2 Å². The fourth-order valence-corrected chi connectivity index (χ4v) is 3.72. The molecule has 1 heterocycles. The molecule has 0 amide bonds. The number of aliphatic imine (C=N–C) groups is 1. The number of piperazine rings is 1. The number of benzene rings is 2. The van der Waals surface area contributed by atoms with Crippen molar-refractivity contribution in [1.29, 1.82) is 0 Å². The SMILES string of the molecule is COc1ccc(CCN=C(N)N2CCN(c3ccc(Cl)cc3)CC2)c(OC)c1OC.I. The summed E-state index contributed by atoms with van der Waals surface area (Å²) in [5.74, 6) is 2.47. The average molecular weight is 561 g/mol. The maximum absolute atomic E-state index is 6.25. The normalized spacial score (nSPS) is 14.1. The Kier molecular flexibility index (Phi) is 9.83. The Labute approximate surface area is 206 Å². The van der Waals surface area contributed by atoms with Gasteiger partial charge in [-0.3, -0.25) is 4.99 Å². The highest BCUT2D eigenvalue weighted by atomic mass is 127. The van der Waals surface area contributed by atoms with Gasteiger partial charge in [0.15, 0.2) is 17.5 Å². The van der Waals surface area contributed by atoms with Crippen molar-refractivity contribution in [3.63, 3.8) is 0 Å². The Morgan fingerprint density at radius 2 is 1.58 bits per heavy atom. The zero-order valence-corrected chi connectivity index (χ0v) is 21.2. The van der Waals surface area contributed by atoms with Gasteiger partial charge in [-0.1, -0.05) is 17.7 Å². The van der Waals surface area contributed by atoms with E-state index in [2.05, 4.69) is 14.8 Å². The zero-order valence-electron chi connectivity index (χ0n) is 18.1. The number of anilines is 1. The Morgan fingerprint density at radius 3 is 2.16 bits per heavy atom. The van der Waals surface area contributed by atoms with E-state index in [-0.39, 0.29) is 24.0 Å². The van der Waals surface area contributed by atoms with Crippen LogP contribution in [0.1, 0.15) is 5.56 Å². The van der Waals surface area contributed by atoms with Crippen LogP contribution in [-0.2, 0) is 6.42 Å². The van der Waals surface area contributed by atoms with Crippen molar-refractivity contribution in [3.05, 3.63) is 47.0 Å². The molecule has 0 spiro atoms. The number of guanidine groups is 1. The second-order valence-electron chi connectivity index (χ2n) is 6.93. The summed E-state index contributed by atoms with van der Waals surface area (Å²) in [7, 11) is 4.83. The minimum atomic E-state index is 0. The van der Waals surface area contributed by atoms with Crippen molar-refractivity contribution < 1.29 is 14.2 Å². The van der Waals surface area contributed by atoms with Crippen LogP contribution in [0.15, 0.2) is 41.4 Å². The maximum Gasteiger partial charge on any atom is 0.203 e. The van der Waals surface area contributed by atoms with Crippen LogP contribution in [-0.4, -0.2) is 64.9 Å². The molecule has 1 aliphatic rings. The third-order valence-electron chi connectivity index (χ3n) is 5.24. The summed E-state index contributed by atoms with van der Waals surface area (Å²) >= 11 is 5.98. The van der Waals surface area contributed by atoms with Gasteiger partial charge in [0.1, 0.15) is 0 Å². The van der Waals surface area contributed by atoms with Gasteiger partial charge < -0.3 is 29.7 Å². The summed E-state index contributed by atoms with van der Waals surface area (Å²) in [6, 6.07) is 11.8. The molecule has 0 unspecified atom stereocenters. The lowest BCUT2D eigenvalue weighted by Gasteiger charge is -2.36. The number of nitrogens with two attached hydrogens (primary N) is 1. The smallest absolute Gasteiger partial charge is 0.203 e. The highest BCUT2D eigenvalue weighted by Gasteiger charge is 2.19. The molecule has 0 atom stereocenters. The molecular weight excluding hydrogens is 531 g/mol. The molecule has 9 heteroatoms. The van der Waals surface area contributed by atoms with Gasteiger partial charge in [-0.25, -0.2) is 0 Å². The van der Waals surface area contributed by atoms with Crippen LogP contribution in [0.25, 0.3) is 0 Å². The number of nitrogens with zero attached hydrogens (tertiary/aromatic N) is 3. The standard InChI is InChI=1S/C22H29ClN4O3.HI/c1-28-19-9-4-16(20(29-2)21(19)30-3)10-11-25-22(24)27-14-12-26(13-15-27)18-7-5-17(23)6-8-18;/h4-9H,10-15H2,1-3H3,(H2,24,25);1H. The molecule has 1 saturated heterocycles. The Hall–Kier alpha value is -2.07. The Bertz CT molecular complexity index is 872. The van der Waals surface area contributed by atoms with E-state index in [0.717, 1.165) is 36.8 Å². The monoisotopic (exact) mass is 560 g/mol. The van der Waals surface area contributed by atoms with E-state index in [1.165, 1.54) is 5.69 Å². The molecule has 2 aromatic carbocycles. The molecule has 1 fully saturated rings. The van der Waals surface area contributed by atoms with E-state index in [4.69, 9.17) is 31.5 Å². The van der Waals surface area contributed by atoms with Crippen molar-refractivity contribution in [1.82, 2.24) is 4.90 Å². The highest BCUT2D eigenvalue weighted by Crippen LogP contribution is 2.39. The van der Waals surface area contributed by atoms with Crippen molar-refractivity contribution >= 4 is 47.2 Å².